The molecule has 5 nitrogen and oxygen atoms in total. The molecule has 2 N–H and O–H groups in total. The van der Waals surface area contributed by atoms with Gasteiger partial charge in [0.05, 0.1) is 7.11 Å². The molecule has 0 bridgehead atoms. The SMILES string of the molecule is COC(=O)c1[nH]c(C2CCCNC2)nc1-c1ccccc1. The zero-order valence-corrected chi connectivity index (χ0v) is 12.1. The number of methoxy groups -OCH3 is 1. The lowest BCUT2D eigenvalue weighted by Gasteiger charge is -2.20. The van der Waals surface area contributed by atoms with Crippen molar-refractivity contribution in [2.75, 3.05) is 20.2 Å². The maximum absolute atomic E-state index is 12.0. The highest BCUT2D eigenvalue weighted by Gasteiger charge is 2.24. The average molecular weight is 285 g/mol. The number of carbonyl (C=O) groups is 1. The molecule has 0 radical (unpaired) electrons. The molecular formula is C16H19N3O2. The van der Waals surface area contributed by atoms with E-state index in [4.69, 9.17) is 4.74 Å². The molecule has 3 rings (SSSR count). The van der Waals surface area contributed by atoms with Crippen molar-refractivity contribution in [1.29, 1.82) is 0 Å². The van der Waals surface area contributed by atoms with Gasteiger partial charge in [-0.25, -0.2) is 9.78 Å². The normalized spacial score (nSPS) is 18.4. The summed E-state index contributed by atoms with van der Waals surface area (Å²) < 4.78 is 4.87. The number of imidazole rings is 1. The maximum atomic E-state index is 12.0. The van der Waals surface area contributed by atoms with Crippen molar-refractivity contribution in [3.63, 3.8) is 0 Å². The quantitative estimate of drug-likeness (QED) is 0.849. The molecule has 1 fully saturated rings. The Morgan fingerprint density at radius 1 is 1.33 bits per heavy atom. The molecule has 1 aromatic heterocycles. The van der Waals surface area contributed by atoms with E-state index in [0.29, 0.717) is 17.3 Å². The Hall–Kier alpha value is -2.14. The molecule has 2 heterocycles. The molecule has 1 aromatic carbocycles. The first kappa shape index (κ1) is 13.8. The Labute approximate surface area is 123 Å². The summed E-state index contributed by atoms with van der Waals surface area (Å²) in [7, 11) is 1.39. The van der Waals surface area contributed by atoms with Gasteiger partial charge < -0.3 is 15.0 Å². The van der Waals surface area contributed by atoms with Gasteiger partial charge in [0.1, 0.15) is 11.5 Å². The van der Waals surface area contributed by atoms with Crippen molar-refractivity contribution in [2.24, 2.45) is 0 Å². The fourth-order valence-electron chi connectivity index (χ4n) is 2.72. The Bertz CT molecular complexity index is 616. The topological polar surface area (TPSA) is 67.0 Å². The van der Waals surface area contributed by atoms with E-state index in [-0.39, 0.29) is 5.97 Å². The van der Waals surface area contributed by atoms with Gasteiger partial charge in [0.25, 0.3) is 0 Å². The van der Waals surface area contributed by atoms with E-state index >= 15 is 0 Å². The zero-order chi connectivity index (χ0) is 14.7. The van der Waals surface area contributed by atoms with Crippen LogP contribution in [0.15, 0.2) is 30.3 Å². The number of ether oxygens (including phenoxy) is 1. The van der Waals surface area contributed by atoms with Gasteiger partial charge in [-0.05, 0) is 19.4 Å². The van der Waals surface area contributed by atoms with Crippen molar-refractivity contribution in [1.82, 2.24) is 15.3 Å². The molecule has 5 heteroatoms. The molecule has 0 saturated carbocycles. The monoisotopic (exact) mass is 285 g/mol. The lowest BCUT2D eigenvalue weighted by atomic mass is 9.99. The molecular weight excluding hydrogens is 266 g/mol. The van der Waals surface area contributed by atoms with Crippen molar-refractivity contribution >= 4 is 5.97 Å². The first-order valence-electron chi connectivity index (χ1n) is 7.24. The van der Waals surface area contributed by atoms with Crippen LogP contribution in [-0.4, -0.2) is 36.1 Å². The summed E-state index contributed by atoms with van der Waals surface area (Å²) >= 11 is 0. The highest BCUT2D eigenvalue weighted by atomic mass is 16.5. The third kappa shape index (κ3) is 2.83. The van der Waals surface area contributed by atoms with Gasteiger partial charge in [-0.1, -0.05) is 30.3 Å². The minimum Gasteiger partial charge on any atom is -0.464 e. The summed E-state index contributed by atoms with van der Waals surface area (Å²) in [6, 6.07) is 9.72. The fraction of sp³-hybridized carbons (Fsp3) is 0.375. The Balaban J connectivity index is 2.01. The molecule has 1 aliphatic rings. The molecule has 1 aliphatic heterocycles. The van der Waals surface area contributed by atoms with Crippen LogP contribution >= 0.6 is 0 Å². The highest BCUT2D eigenvalue weighted by molar-refractivity contribution is 5.94. The van der Waals surface area contributed by atoms with Gasteiger partial charge in [-0.15, -0.1) is 0 Å². The Morgan fingerprint density at radius 2 is 2.14 bits per heavy atom. The van der Waals surface area contributed by atoms with Crippen molar-refractivity contribution in [2.45, 2.75) is 18.8 Å². The van der Waals surface area contributed by atoms with E-state index in [2.05, 4.69) is 15.3 Å². The van der Waals surface area contributed by atoms with Crippen LogP contribution in [-0.2, 0) is 4.74 Å². The largest absolute Gasteiger partial charge is 0.464 e. The van der Waals surface area contributed by atoms with Crippen LogP contribution in [0.25, 0.3) is 11.3 Å². The van der Waals surface area contributed by atoms with Crippen molar-refractivity contribution < 1.29 is 9.53 Å². The van der Waals surface area contributed by atoms with E-state index in [0.717, 1.165) is 37.3 Å². The highest BCUT2D eigenvalue weighted by Crippen LogP contribution is 2.27. The predicted octanol–water partition coefficient (Wildman–Crippen LogP) is 2.33. The molecule has 2 aromatic rings. The number of hydrogen-bond acceptors (Lipinski definition) is 4. The number of benzene rings is 1. The Morgan fingerprint density at radius 3 is 2.81 bits per heavy atom. The van der Waals surface area contributed by atoms with Gasteiger partial charge in [0, 0.05) is 18.0 Å². The summed E-state index contributed by atoms with van der Waals surface area (Å²) in [6.45, 7) is 1.94. The second kappa shape index (κ2) is 6.10. The van der Waals surface area contributed by atoms with Crippen molar-refractivity contribution in [3.8, 4) is 11.3 Å². The number of nitrogens with one attached hydrogen (secondary N) is 2. The molecule has 110 valence electrons. The molecule has 1 atom stereocenters. The second-order valence-electron chi connectivity index (χ2n) is 5.25. The van der Waals surface area contributed by atoms with Crippen LogP contribution in [0.4, 0.5) is 0 Å². The number of aromatic nitrogens is 2. The lowest BCUT2D eigenvalue weighted by Crippen LogP contribution is -2.29. The molecule has 0 amide bonds. The number of H-pyrrole nitrogens is 1. The van der Waals surface area contributed by atoms with Crippen LogP contribution in [0.5, 0.6) is 0 Å². The zero-order valence-electron chi connectivity index (χ0n) is 12.1. The minimum absolute atomic E-state index is 0.319. The molecule has 0 aliphatic carbocycles. The van der Waals surface area contributed by atoms with Gasteiger partial charge in [-0.2, -0.15) is 0 Å². The summed E-state index contributed by atoms with van der Waals surface area (Å²) in [6.07, 6.45) is 2.20. The standard InChI is InChI=1S/C16H19N3O2/c1-21-16(20)14-13(11-6-3-2-4-7-11)18-15(19-14)12-8-5-9-17-10-12/h2-4,6-7,12,17H,5,8-10H2,1H3,(H,18,19). The number of rotatable bonds is 3. The van der Waals surface area contributed by atoms with E-state index in [9.17, 15) is 4.79 Å². The maximum Gasteiger partial charge on any atom is 0.356 e. The van der Waals surface area contributed by atoms with Crippen LogP contribution in [0.3, 0.4) is 0 Å². The summed E-state index contributed by atoms with van der Waals surface area (Å²) in [5, 5.41) is 3.37. The number of aromatic amines is 1. The fourth-order valence-corrected chi connectivity index (χ4v) is 2.72. The summed E-state index contributed by atoms with van der Waals surface area (Å²) in [5.41, 5.74) is 2.02. The third-order valence-electron chi connectivity index (χ3n) is 3.84. The second-order valence-corrected chi connectivity index (χ2v) is 5.25. The summed E-state index contributed by atoms with van der Waals surface area (Å²) in [4.78, 5) is 19.8. The lowest BCUT2D eigenvalue weighted by molar-refractivity contribution is 0.0595. The number of nitrogens with zero attached hydrogens (tertiary/aromatic N) is 1. The van der Waals surface area contributed by atoms with Gasteiger partial charge in [0.2, 0.25) is 0 Å². The van der Waals surface area contributed by atoms with E-state index in [1.165, 1.54) is 7.11 Å². The molecule has 1 unspecified atom stereocenters. The Kier molecular flexibility index (Phi) is 4.01. The number of carbonyl (C=O) groups excluding carboxylic acids is 1. The van der Waals surface area contributed by atoms with Crippen LogP contribution in [0, 0.1) is 0 Å². The van der Waals surface area contributed by atoms with Gasteiger partial charge in [0.15, 0.2) is 5.69 Å². The molecule has 1 saturated heterocycles. The van der Waals surface area contributed by atoms with Crippen LogP contribution in [0.2, 0.25) is 0 Å². The third-order valence-corrected chi connectivity index (χ3v) is 3.84. The predicted molar refractivity (Wildman–Crippen MR) is 80.2 cm³/mol. The minimum atomic E-state index is -0.378. The smallest absolute Gasteiger partial charge is 0.356 e. The van der Waals surface area contributed by atoms with E-state index < -0.39 is 0 Å². The van der Waals surface area contributed by atoms with Crippen LogP contribution < -0.4 is 5.32 Å². The van der Waals surface area contributed by atoms with E-state index in [1.807, 2.05) is 30.3 Å². The number of piperidine rings is 1. The first-order valence-corrected chi connectivity index (χ1v) is 7.24. The van der Waals surface area contributed by atoms with E-state index in [1.54, 1.807) is 0 Å². The molecule has 0 spiro atoms. The van der Waals surface area contributed by atoms with Crippen LogP contribution in [0.1, 0.15) is 35.1 Å². The molecule has 21 heavy (non-hydrogen) atoms. The average Bonchev–Trinajstić information content (AvgIpc) is 3.01. The number of hydrogen-bond donors (Lipinski definition) is 2. The first-order chi connectivity index (χ1) is 10.3. The van der Waals surface area contributed by atoms with Gasteiger partial charge >= 0.3 is 5.97 Å². The van der Waals surface area contributed by atoms with Crippen molar-refractivity contribution in [3.05, 3.63) is 41.9 Å². The number of esters is 1. The summed E-state index contributed by atoms with van der Waals surface area (Å²) in [5.74, 6) is 0.803. The van der Waals surface area contributed by atoms with Gasteiger partial charge in [-0.3, -0.25) is 0 Å².